The molecule has 104 valence electrons. The molecule has 0 aromatic heterocycles. The highest BCUT2D eigenvalue weighted by Gasteiger charge is 2.15. The van der Waals surface area contributed by atoms with E-state index in [4.69, 9.17) is 5.11 Å². The van der Waals surface area contributed by atoms with Crippen LogP contribution in [0, 0.1) is 6.92 Å². The Labute approximate surface area is 113 Å². The molecule has 0 aliphatic carbocycles. The molecule has 2 N–H and O–H groups in total. The summed E-state index contributed by atoms with van der Waals surface area (Å²) in [6.07, 6.45) is 2.43. The van der Waals surface area contributed by atoms with E-state index in [0.29, 0.717) is 11.3 Å². The third kappa shape index (κ3) is 4.75. The van der Waals surface area contributed by atoms with Gasteiger partial charge in [0, 0.05) is 11.8 Å². The van der Waals surface area contributed by atoms with Gasteiger partial charge in [-0.15, -0.1) is 0 Å². The van der Waals surface area contributed by atoms with E-state index in [1.165, 1.54) is 6.08 Å². The van der Waals surface area contributed by atoms with Crippen molar-refractivity contribution in [1.82, 2.24) is 0 Å². The summed E-state index contributed by atoms with van der Waals surface area (Å²) >= 11 is 0. The molecule has 1 rings (SSSR count). The van der Waals surface area contributed by atoms with Crippen LogP contribution in [0.3, 0.4) is 0 Å². The second-order valence-electron chi connectivity index (χ2n) is 4.50. The molecular weight excluding hydrogens is 266 g/mol. The zero-order chi connectivity index (χ0) is 14.6. The molecule has 0 amide bonds. The van der Waals surface area contributed by atoms with Crippen molar-refractivity contribution < 1.29 is 18.3 Å². The first-order valence-electron chi connectivity index (χ1n) is 5.75. The van der Waals surface area contributed by atoms with Crippen LogP contribution in [0.4, 0.5) is 5.69 Å². The highest BCUT2D eigenvalue weighted by atomic mass is 32.2. The van der Waals surface area contributed by atoms with Crippen LogP contribution in [0.2, 0.25) is 0 Å². The standard InChI is InChI=1S/C13H17NO4S/c1-9(2)19(17,18)14-12-7-10(3)6-11(8-12)4-5-13(15)16/h4-9,14H,1-3H3,(H,15,16)/b5-4+. The van der Waals surface area contributed by atoms with Crippen molar-refractivity contribution in [2.24, 2.45) is 0 Å². The van der Waals surface area contributed by atoms with E-state index in [-0.39, 0.29) is 0 Å². The lowest BCUT2D eigenvalue weighted by atomic mass is 10.1. The number of hydrogen-bond acceptors (Lipinski definition) is 3. The fourth-order valence-electron chi connectivity index (χ4n) is 1.42. The van der Waals surface area contributed by atoms with Crippen LogP contribution in [-0.4, -0.2) is 24.7 Å². The van der Waals surface area contributed by atoms with E-state index < -0.39 is 21.2 Å². The Kier molecular flexibility index (Phi) is 4.72. The predicted octanol–water partition coefficient (Wildman–Crippen LogP) is 2.24. The molecule has 0 saturated carbocycles. The van der Waals surface area contributed by atoms with Gasteiger partial charge in [0.25, 0.3) is 0 Å². The number of aliphatic carboxylic acids is 1. The Balaban J connectivity index is 3.07. The zero-order valence-electron chi connectivity index (χ0n) is 11.0. The van der Waals surface area contributed by atoms with E-state index in [2.05, 4.69) is 4.72 Å². The smallest absolute Gasteiger partial charge is 0.328 e. The number of hydrogen-bond donors (Lipinski definition) is 2. The van der Waals surface area contributed by atoms with Crippen LogP contribution < -0.4 is 4.72 Å². The van der Waals surface area contributed by atoms with Gasteiger partial charge in [-0.05, 0) is 50.1 Å². The summed E-state index contributed by atoms with van der Waals surface area (Å²) in [6, 6.07) is 5.05. The van der Waals surface area contributed by atoms with Gasteiger partial charge in [0.15, 0.2) is 0 Å². The summed E-state index contributed by atoms with van der Waals surface area (Å²) in [6.45, 7) is 4.98. The summed E-state index contributed by atoms with van der Waals surface area (Å²) in [5.74, 6) is -1.05. The Bertz CT molecular complexity index is 603. The minimum atomic E-state index is -3.41. The molecule has 0 aliphatic heterocycles. The molecule has 0 heterocycles. The summed E-state index contributed by atoms with van der Waals surface area (Å²) < 4.78 is 26.0. The van der Waals surface area contributed by atoms with Crippen molar-refractivity contribution >= 4 is 27.8 Å². The van der Waals surface area contributed by atoms with Gasteiger partial charge in [-0.3, -0.25) is 4.72 Å². The molecule has 0 saturated heterocycles. The van der Waals surface area contributed by atoms with E-state index in [9.17, 15) is 13.2 Å². The van der Waals surface area contributed by atoms with Crippen LogP contribution in [0.15, 0.2) is 24.3 Å². The third-order valence-electron chi connectivity index (χ3n) is 2.40. The van der Waals surface area contributed by atoms with E-state index in [1.54, 1.807) is 32.0 Å². The van der Waals surface area contributed by atoms with Gasteiger partial charge in [0.05, 0.1) is 5.25 Å². The SMILES string of the molecule is Cc1cc(/C=C/C(=O)O)cc(NS(=O)(=O)C(C)C)c1. The molecule has 19 heavy (non-hydrogen) atoms. The maximum absolute atomic E-state index is 11.8. The number of benzene rings is 1. The number of carbonyl (C=O) groups is 1. The minimum Gasteiger partial charge on any atom is -0.478 e. The number of carboxylic acids is 1. The van der Waals surface area contributed by atoms with E-state index >= 15 is 0 Å². The van der Waals surface area contributed by atoms with Crippen molar-refractivity contribution in [3.8, 4) is 0 Å². The number of nitrogens with one attached hydrogen (secondary N) is 1. The highest BCUT2D eigenvalue weighted by molar-refractivity contribution is 7.93. The maximum atomic E-state index is 11.8. The zero-order valence-corrected chi connectivity index (χ0v) is 11.9. The lowest BCUT2D eigenvalue weighted by Gasteiger charge is -2.12. The van der Waals surface area contributed by atoms with Crippen molar-refractivity contribution in [1.29, 1.82) is 0 Å². The number of carboxylic acid groups (broad SMARTS) is 1. The summed E-state index contributed by atoms with van der Waals surface area (Å²) in [7, 11) is -3.41. The Hall–Kier alpha value is -1.82. The van der Waals surface area contributed by atoms with Gasteiger partial charge in [-0.25, -0.2) is 13.2 Å². The average Bonchev–Trinajstić information content (AvgIpc) is 2.24. The predicted molar refractivity (Wildman–Crippen MR) is 75.5 cm³/mol. The molecule has 5 nitrogen and oxygen atoms in total. The van der Waals surface area contributed by atoms with Gasteiger partial charge >= 0.3 is 5.97 Å². The largest absolute Gasteiger partial charge is 0.478 e. The second-order valence-corrected chi connectivity index (χ2v) is 6.74. The van der Waals surface area contributed by atoms with E-state index in [1.807, 2.05) is 6.92 Å². The molecule has 0 spiro atoms. The van der Waals surface area contributed by atoms with Crippen molar-refractivity contribution in [2.45, 2.75) is 26.0 Å². The van der Waals surface area contributed by atoms with Crippen LogP contribution in [0.1, 0.15) is 25.0 Å². The normalized spacial score (nSPS) is 12.0. The van der Waals surface area contributed by atoms with Gasteiger partial charge in [-0.2, -0.15) is 0 Å². The molecule has 0 bridgehead atoms. The molecule has 0 fully saturated rings. The first-order valence-corrected chi connectivity index (χ1v) is 7.29. The monoisotopic (exact) mass is 283 g/mol. The van der Waals surface area contributed by atoms with Gasteiger partial charge < -0.3 is 5.11 Å². The van der Waals surface area contributed by atoms with Crippen molar-refractivity contribution in [2.75, 3.05) is 4.72 Å². The first kappa shape index (κ1) is 15.2. The van der Waals surface area contributed by atoms with Crippen LogP contribution in [0.5, 0.6) is 0 Å². The van der Waals surface area contributed by atoms with Gasteiger partial charge in [0.1, 0.15) is 0 Å². The van der Waals surface area contributed by atoms with E-state index in [0.717, 1.165) is 11.6 Å². The summed E-state index contributed by atoms with van der Waals surface area (Å²) in [4.78, 5) is 10.5. The van der Waals surface area contributed by atoms with Gasteiger partial charge in [-0.1, -0.05) is 6.07 Å². The maximum Gasteiger partial charge on any atom is 0.328 e. The lowest BCUT2D eigenvalue weighted by Crippen LogP contribution is -2.22. The molecule has 0 atom stereocenters. The molecule has 0 aliphatic rings. The fourth-order valence-corrected chi connectivity index (χ4v) is 2.10. The summed E-state index contributed by atoms with van der Waals surface area (Å²) in [5, 5.41) is 8.04. The molecule has 1 aromatic rings. The molecule has 6 heteroatoms. The number of aryl methyl sites for hydroxylation is 1. The van der Waals surface area contributed by atoms with Crippen LogP contribution in [-0.2, 0) is 14.8 Å². The van der Waals surface area contributed by atoms with Crippen LogP contribution >= 0.6 is 0 Å². The topological polar surface area (TPSA) is 83.5 Å². The first-order chi connectivity index (χ1) is 8.70. The third-order valence-corrected chi connectivity index (χ3v) is 4.16. The number of sulfonamides is 1. The Morgan fingerprint density at radius 3 is 2.47 bits per heavy atom. The quantitative estimate of drug-likeness (QED) is 0.812. The Morgan fingerprint density at radius 1 is 1.32 bits per heavy atom. The van der Waals surface area contributed by atoms with Crippen molar-refractivity contribution in [3.05, 3.63) is 35.4 Å². The fraction of sp³-hybridized carbons (Fsp3) is 0.308. The highest BCUT2D eigenvalue weighted by Crippen LogP contribution is 2.18. The summed E-state index contributed by atoms with van der Waals surface area (Å²) in [5.41, 5.74) is 1.90. The van der Waals surface area contributed by atoms with Gasteiger partial charge in [0.2, 0.25) is 10.0 Å². The minimum absolute atomic E-state index is 0.429. The number of anilines is 1. The second kappa shape index (κ2) is 5.88. The molecule has 0 unspecified atom stereocenters. The van der Waals surface area contributed by atoms with Crippen LogP contribution in [0.25, 0.3) is 6.08 Å². The number of rotatable bonds is 5. The molecule has 1 aromatic carbocycles. The lowest BCUT2D eigenvalue weighted by molar-refractivity contribution is -0.131. The molecule has 0 radical (unpaired) electrons. The average molecular weight is 283 g/mol. The Morgan fingerprint density at radius 2 is 1.95 bits per heavy atom. The van der Waals surface area contributed by atoms with Crippen molar-refractivity contribution in [3.63, 3.8) is 0 Å². The molecular formula is C13H17NO4S.